The molecule has 2 aromatic rings. The Balaban J connectivity index is 0.000000473. The molecule has 0 fully saturated rings. The van der Waals surface area contributed by atoms with Crippen LogP contribution in [0, 0.1) is 0 Å². The van der Waals surface area contributed by atoms with Crippen LogP contribution in [0.4, 0.5) is 26.3 Å². The van der Waals surface area contributed by atoms with E-state index in [2.05, 4.69) is 9.97 Å². The topological polar surface area (TPSA) is 129 Å². The van der Waals surface area contributed by atoms with Gasteiger partial charge in [0.1, 0.15) is 5.82 Å². The number of benzene rings is 1. The summed E-state index contributed by atoms with van der Waals surface area (Å²) in [6.07, 6.45) is -8.14. The maximum atomic E-state index is 10.6. The van der Waals surface area contributed by atoms with E-state index in [1.54, 1.807) is 11.8 Å². The van der Waals surface area contributed by atoms with E-state index in [0.29, 0.717) is 5.02 Å². The number of aromatic nitrogens is 2. The fraction of sp³-hybridized carbons (Fsp3) is 0.357. The predicted molar refractivity (Wildman–Crippen MR) is 93.8 cm³/mol. The summed E-state index contributed by atoms with van der Waals surface area (Å²) in [5, 5.41) is 14.9. The third-order valence-corrected chi connectivity index (χ3v) is 3.57. The molecule has 0 aliphatic carbocycles. The number of H-pyrrole nitrogens is 1. The first-order valence-electron chi connectivity index (χ1n) is 7.09. The van der Waals surface area contributed by atoms with Gasteiger partial charge in [0.05, 0.1) is 17.1 Å². The average molecular weight is 470 g/mol. The van der Waals surface area contributed by atoms with Gasteiger partial charge in [0.2, 0.25) is 0 Å². The lowest BCUT2D eigenvalue weighted by molar-refractivity contribution is -0.193. The summed E-state index contributed by atoms with van der Waals surface area (Å²) < 4.78 is 63.5. The molecule has 0 aliphatic rings. The van der Waals surface area contributed by atoms with Crippen LogP contribution in [-0.2, 0) is 9.59 Å². The number of imidazole rings is 1. The van der Waals surface area contributed by atoms with Crippen LogP contribution < -0.4 is 5.73 Å². The summed E-state index contributed by atoms with van der Waals surface area (Å²) >= 11 is 7.59. The highest BCUT2D eigenvalue weighted by molar-refractivity contribution is 7.98. The first kappa shape index (κ1) is 26.8. The average Bonchev–Trinajstić information content (AvgIpc) is 2.97. The number of carboxylic acid groups (broad SMARTS) is 2. The lowest BCUT2D eigenvalue weighted by Gasteiger charge is -2.04. The number of hydrogen-bond acceptors (Lipinski definition) is 5. The van der Waals surface area contributed by atoms with Crippen LogP contribution >= 0.6 is 23.4 Å². The number of nitrogens with two attached hydrogens (primary N) is 1. The van der Waals surface area contributed by atoms with Crippen LogP contribution in [0.3, 0.4) is 0 Å². The van der Waals surface area contributed by atoms with E-state index < -0.39 is 24.3 Å². The predicted octanol–water partition coefficient (Wildman–Crippen LogP) is 3.85. The Morgan fingerprint density at radius 3 is 2.00 bits per heavy atom. The molecule has 0 saturated heterocycles. The Morgan fingerprint density at radius 1 is 1.17 bits per heavy atom. The molecule has 0 spiro atoms. The molecule has 1 aromatic heterocycles. The molecule has 1 aromatic carbocycles. The van der Waals surface area contributed by atoms with Gasteiger partial charge in [-0.1, -0.05) is 11.6 Å². The van der Waals surface area contributed by atoms with Crippen molar-refractivity contribution < 1.29 is 46.1 Å². The fourth-order valence-corrected chi connectivity index (χ4v) is 2.12. The van der Waals surface area contributed by atoms with Crippen molar-refractivity contribution in [2.75, 3.05) is 12.0 Å². The summed E-state index contributed by atoms with van der Waals surface area (Å²) in [5.74, 6) is -3.84. The van der Waals surface area contributed by atoms with Gasteiger partial charge in [-0.05, 0) is 24.5 Å². The van der Waals surface area contributed by atoms with Crippen molar-refractivity contribution in [3.8, 4) is 0 Å². The van der Waals surface area contributed by atoms with Gasteiger partial charge >= 0.3 is 24.3 Å². The second kappa shape index (κ2) is 11.1. The van der Waals surface area contributed by atoms with Crippen molar-refractivity contribution in [3.05, 3.63) is 29.0 Å². The quantitative estimate of drug-likeness (QED) is 0.502. The molecular weight excluding hydrogens is 456 g/mol. The summed E-state index contributed by atoms with van der Waals surface area (Å²) in [4.78, 5) is 25.4. The van der Waals surface area contributed by atoms with Gasteiger partial charge < -0.3 is 20.9 Å². The van der Waals surface area contributed by atoms with E-state index in [4.69, 9.17) is 37.1 Å². The largest absolute Gasteiger partial charge is 0.490 e. The Bertz CT molecular complexity index is 804. The molecule has 1 heterocycles. The maximum Gasteiger partial charge on any atom is 0.490 e. The number of carbonyl (C=O) groups is 2. The minimum absolute atomic E-state index is 0.0498. The molecule has 0 bridgehead atoms. The number of nitrogens with one attached hydrogen (secondary N) is 1. The van der Waals surface area contributed by atoms with Gasteiger partial charge in [0.15, 0.2) is 0 Å². The number of aromatic amines is 1. The van der Waals surface area contributed by atoms with Crippen molar-refractivity contribution in [3.63, 3.8) is 0 Å². The van der Waals surface area contributed by atoms with E-state index in [0.717, 1.165) is 22.6 Å². The van der Waals surface area contributed by atoms with Crippen LogP contribution in [0.25, 0.3) is 11.0 Å². The molecule has 0 saturated carbocycles. The molecule has 0 radical (unpaired) electrons. The molecule has 0 amide bonds. The Hall–Kier alpha value is -2.19. The van der Waals surface area contributed by atoms with Gasteiger partial charge in [-0.15, -0.1) is 0 Å². The fourth-order valence-electron chi connectivity index (χ4n) is 1.43. The number of halogens is 7. The summed E-state index contributed by atoms with van der Waals surface area (Å²) in [6, 6.07) is 5.54. The molecule has 29 heavy (non-hydrogen) atoms. The Labute approximate surface area is 168 Å². The third kappa shape index (κ3) is 10.2. The standard InChI is InChI=1S/C10H12ClN3S.2C2HF3O2/c1-15-5-7(12)10-13-8-3-2-6(11)4-9(8)14-10;2*3-2(4,5)1(6)7/h2-4,7H,5,12H2,1H3,(H,13,14);2*(H,6,7)/t7-;;/m1../s1. The second-order valence-corrected chi connectivity index (χ2v) is 6.30. The van der Waals surface area contributed by atoms with Crippen LogP contribution in [0.15, 0.2) is 18.2 Å². The molecule has 1 atom stereocenters. The third-order valence-electron chi connectivity index (χ3n) is 2.65. The number of aliphatic carboxylic acids is 2. The maximum absolute atomic E-state index is 10.6. The van der Waals surface area contributed by atoms with Gasteiger partial charge in [0.25, 0.3) is 0 Å². The molecule has 0 aliphatic heterocycles. The number of thioether (sulfide) groups is 1. The number of rotatable bonds is 3. The van der Waals surface area contributed by atoms with Crippen LogP contribution in [0.5, 0.6) is 0 Å². The van der Waals surface area contributed by atoms with Gasteiger partial charge in [-0.2, -0.15) is 38.1 Å². The highest BCUT2D eigenvalue weighted by Crippen LogP contribution is 2.20. The minimum Gasteiger partial charge on any atom is -0.475 e. The van der Waals surface area contributed by atoms with E-state index in [1.165, 1.54) is 0 Å². The molecule has 5 N–H and O–H groups in total. The smallest absolute Gasteiger partial charge is 0.475 e. The first-order valence-corrected chi connectivity index (χ1v) is 8.86. The second-order valence-electron chi connectivity index (χ2n) is 4.95. The molecule has 7 nitrogen and oxygen atoms in total. The zero-order chi connectivity index (χ0) is 23.0. The number of hydrogen-bond donors (Lipinski definition) is 4. The van der Waals surface area contributed by atoms with Crippen molar-refractivity contribution in [2.24, 2.45) is 5.73 Å². The van der Waals surface area contributed by atoms with E-state index >= 15 is 0 Å². The zero-order valence-electron chi connectivity index (χ0n) is 14.3. The first-order chi connectivity index (χ1) is 13.1. The highest BCUT2D eigenvalue weighted by atomic mass is 35.5. The van der Waals surface area contributed by atoms with E-state index in [9.17, 15) is 26.3 Å². The normalized spacial score (nSPS) is 12.3. The molecule has 164 valence electrons. The lowest BCUT2D eigenvalue weighted by atomic mass is 10.3. The Morgan fingerprint density at radius 2 is 1.62 bits per heavy atom. The van der Waals surface area contributed by atoms with Crippen LogP contribution in [-0.4, -0.2) is 56.5 Å². The number of nitrogens with zero attached hydrogens (tertiary/aromatic N) is 1. The number of carboxylic acids is 2. The molecule has 0 unspecified atom stereocenters. The molecule has 2 rings (SSSR count). The lowest BCUT2D eigenvalue weighted by Crippen LogP contribution is -2.21. The van der Waals surface area contributed by atoms with E-state index in [-0.39, 0.29) is 6.04 Å². The Kier molecular flexibility index (Phi) is 10.3. The van der Waals surface area contributed by atoms with Crippen molar-refractivity contribution in [1.29, 1.82) is 0 Å². The van der Waals surface area contributed by atoms with Crippen LogP contribution in [0.2, 0.25) is 5.02 Å². The van der Waals surface area contributed by atoms with Crippen molar-refractivity contribution in [2.45, 2.75) is 18.4 Å². The van der Waals surface area contributed by atoms with Gasteiger partial charge in [-0.3, -0.25) is 0 Å². The summed E-state index contributed by atoms with van der Waals surface area (Å²) in [7, 11) is 0. The van der Waals surface area contributed by atoms with E-state index in [1.807, 2.05) is 24.5 Å². The molecule has 15 heteroatoms. The molecular formula is C14H14ClF6N3O4S. The summed E-state index contributed by atoms with van der Waals surface area (Å²) in [6.45, 7) is 0. The SMILES string of the molecule is CSC[C@@H](N)c1nc2cc(Cl)ccc2[nH]1.O=C(O)C(F)(F)F.O=C(O)C(F)(F)F. The van der Waals surface area contributed by atoms with Crippen LogP contribution in [0.1, 0.15) is 11.9 Å². The minimum atomic E-state index is -5.08. The van der Waals surface area contributed by atoms with Gasteiger partial charge in [-0.25, -0.2) is 14.6 Å². The summed E-state index contributed by atoms with van der Waals surface area (Å²) in [5.41, 5.74) is 7.81. The monoisotopic (exact) mass is 469 g/mol. The highest BCUT2D eigenvalue weighted by Gasteiger charge is 2.38. The van der Waals surface area contributed by atoms with Crippen molar-refractivity contribution in [1.82, 2.24) is 9.97 Å². The number of alkyl halides is 6. The van der Waals surface area contributed by atoms with Crippen molar-refractivity contribution >= 4 is 46.3 Å². The zero-order valence-corrected chi connectivity index (χ0v) is 15.9. The number of fused-ring (bicyclic) bond motifs is 1. The van der Waals surface area contributed by atoms with Gasteiger partial charge in [0, 0.05) is 10.8 Å².